The summed E-state index contributed by atoms with van der Waals surface area (Å²) < 4.78 is 25.2. The summed E-state index contributed by atoms with van der Waals surface area (Å²) in [4.78, 5) is 27.8. The molecule has 0 saturated heterocycles. The number of nitrogens with one attached hydrogen (secondary N) is 1. The molecule has 0 aliphatic carbocycles. The number of hydrogen-bond donors (Lipinski definition) is 1. The Morgan fingerprint density at radius 1 is 1.11 bits per heavy atom. The molecule has 1 amide bonds. The number of anilines is 1. The maximum atomic E-state index is 12.3. The summed E-state index contributed by atoms with van der Waals surface area (Å²) in [7, 11) is -0.627. The van der Waals surface area contributed by atoms with Gasteiger partial charge in [-0.2, -0.15) is 0 Å². The van der Waals surface area contributed by atoms with Crippen LogP contribution in [-0.4, -0.2) is 48.7 Å². The molecule has 144 valence electrons. The Balaban J connectivity index is 2.00. The lowest BCUT2D eigenvalue weighted by Gasteiger charge is -2.13. The number of Topliss-reactive ketones (excluding diaryl/α,β-unsaturated/α-hetero) is 1. The molecule has 27 heavy (non-hydrogen) atoms. The summed E-state index contributed by atoms with van der Waals surface area (Å²) >= 11 is 1.22. The van der Waals surface area contributed by atoms with Crippen molar-refractivity contribution in [3.8, 4) is 0 Å². The average molecular weight is 408 g/mol. The number of nitrogens with zero attached hydrogens (tertiary/aromatic N) is 2. The predicted octanol–water partition coefficient (Wildman–Crippen LogP) is 2.65. The Morgan fingerprint density at radius 2 is 1.74 bits per heavy atom. The van der Waals surface area contributed by atoms with Gasteiger partial charge < -0.3 is 5.32 Å². The zero-order valence-electron chi connectivity index (χ0n) is 15.5. The predicted molar refractivity (Wildman–Crippen MR) is 106 cm³/mol. The molecule has 0 unspecified atom stereocenters. The van der Waals surface area contributed by atoms with Gasteiger partial charge in [-0.15, -0.1) is 0 Å². The van der Waals surface area contributed by atoms with E-state index in [2.05, 4.69) is 10.3 Å². The molecule has 0 aliphatic heterocycles. The van der Waals surface area contributed by atoms with Crippen LogP contribution in [0.2, 0.25) is 0 Å². The Hall–Kier alpha value is -2.23. The van der Waals surface area contributed by atoms with E-state index in [4.69, 9.17) is 0 Å². The van der Waals surface area contributed by atoms with Gasteiger partial charge in [0.05, 0.1) is 10.3 Å². The van der Waals surface area contributed by atoms with Crippen molar-refractivity contribution < 1.29 is 18.0 Å². The van der Waals surface area contributed by atoms with Crippen LogP contribution in [-0.2, 0) is 14.8 Å². The fraction of sp³-hybridized carbons (Fsp3) is 0.278. The first-order chi connectivity index (χ1) is 12.6. The van der Waals surface area contributed by atoms with Crippen LogP contribution in [0.15, 0.2) is 52.5 Å². The average Bonchev–Trinajstić information content (AvgIpc) is 2.62. The number of amides is 1. The number of rotatable bonds is 7. The topological polar surface area (TPSA) is 96.4 Å². The van der Waals surface area contributed by atoms with Crippen LogP contribution < -0.4 is 5.32 Å². The van der Waals surface area contributed by atoms with Gasteiger partial charge in [0.15, 0.2) is 5.78 Å². The van der Waals surface area contributed by atoms with Crippen molar-refractivity contribution >= 4 is 39.2 Å². The van der Waals surface area contributed by atoms with Crippen molar-refractivity contribution in [2.75, 3.05) is 19.4 Å². The second-order valence-corrected chi connectivity index (χ2v) is 9.52. The number of sulfonamides is 1. The molecule has 2 rings (SSSR count). The highest BCUT2D eigenvalue weighted by Crippen LogP contribution is 2.24. The van der Waals surface area contributed by atoms with Gasteiger partial charge in [0.2, 0.25) is 15.9 Å². The minimum absolute atomic E-state index is 0.0393. The van der Waals surface area contributed by atoms with E-state index >= 15 is 0 Å². The maximum absolute atomic E-state index is 12.3. The van der Waals surface area contributed by atoms with Crippen LogP contribution in [0.1, 0.15) is 24.2 Å². The fourth-order valence-electron chi connectivity index (χ4n) is 2.07. The third kappa shape index (κ3) is 5.38. The number of pyridine rings is 1. The fourth-order valence-corrected chi connectivity index (χ4v) is 3.70. The van der Waals surface area contributed by atoms with Crippen molar-refractivity contribution in [3.05, 3.63) is 48.2 Å². The maximum Gasteiger partial charge on any atom is 0.244 e. The Labute approximate surface area is 163 Å². The second kappa shape index (κ2) is 8.64. The first-order valence-corrected chi connectivity index (χ1v) is 10.4. The molecule has 7 nitrogen and oxygen atoms in total. The lowest BCUT2D eigenvalue weighted by molar-refractivity contribution is -0.115. The molecule has 1 aromatic carbocycles. The normalized spacial score (nSPS) is 12.6. The summed E-state index contributed by atoms with van der Waals surface area (Å²) in [6.45, 7) is 3.21. The zero-order valence-corrected chi connectivity index (χ0v) is 17.1. The van der Waals surface area contributed by atoms with Crippen LogP contribution >= 0.6 is 11.8 Å². The molecule has 0 bridgehead atoms. The number of hydrogen-bond acceptors (Lipinski definition) is 6. The number of thioether (sulfide) groups is 1. The molecule has 1 atom stereocenters. The van der Waals surface area contributed by atoms with Crippen molar-refractivity contribution in [3.63, 3.8) is 0 Å². The van der Waals surface area contributed by atoms with Gasteiger partial charge in [-0.3, -0.25) is 9.59 Å². The van der Waals surface area contributed by atoms with Gasteiger partial charge in [0.1, 0.15) is 4.90 Å². The van der Waals surface area contributed by atoms with E-state index in [0.29, 0.717) is 16.3 Å². The molecule has 0 fully saturated rings. The number of carbonyl (C=O) groups is 2. The van der Waals surface area contributed by atoms with E-state index in [9.17, 15) is 18.0 Å². The monoisotopic (exact) mass is 407 g/mol. The van der Waals surface area contributed by atoms with Gasteiger partial charge in [-0.25, -0.2) is 17.7 Å². The highest BCUT2D eigenvalue weighted by atomic mass is 32.2. The summed E-state index contributed by atoms with van der Waals surface area (Å²) in [5.74, 6) is -0.259. The molecular formula is C18H21N3O4S2. The van der Waals surface area contributed by atoms with Crippen molar-refractivity contribution in [1.29, 1.82) is 0 Å². The molecule has 1 aromatic heterocycles. The molecule has 2 aromatic rings. The van der Waals surface area contributed by atoms with E-state index in [1.54, 1.807) is 37.3 Å². The smallest absolute Gasteiger partial charge is 0.244 e. The number of benzene rings is 1. The van der Waals surface area contributed by atoms with E-state index in [1.807, 2.05) is 0 Å². The van der Waals surface area contributed by atoms with Crippen molar-refractivity contribution in [2.24, 2.45) is 0 Å². The lowest BCUT2D eigenvalue weighted by Crippen LogP contribution is -2.23. The van der Waals surface area contributed by atoms with Gasteiger partial charge >= 0.3 is 0 Å². The molecule has 0 aliphatic rings. The molecule has 0 radical (unpaired) electrons. The highest BCUT2D eigenvalue weighted by molar-refractivity contribution is 8.00. The van der Waals surface area contributed by atoms with E-state index < -0.39 is 15.3 Å². The van der Waals surface area contributed by atoms with Crippen LogP contribution in [0.3, 0.4) is 0 Å². The first-order valence-electron chi connectivity index (χ1n) is 8.08. The Kier molecular flexibility index (Phi) is 6.74. The third-order valence-corrected chi connectivity index (χ3v) is 6.56. The zero-order chi connectivity index (χ0) is 20.2. The number of carbonyl (C=O) groups excluding carboxylic acids is 2. The van der Waals surface area contributed by atoms with Crippen LogP contribution in [0.4, 0.5) is 5.69 Å². The second-order valence-electron chi connectivity index (χ2n) is 6.00. The Morgan fingerprint density at radius 3 is 2.22 bits per heavy atom. The lowest BCUT2D eigenvalue weighted by atomic mass is 10.1. The molecular weight excluding hydrogens is 386 g/mol. The molecule has 0 spiro atoms. The van der Waals surface area contributed by atoms with Gasteiger partial charge in [-0.1, -0.05) is 11.8 Å². The number of aromatic nitrogens is 1. The molecule has 1 N–H and O–H groups in total. The van der Waals surface area contributed by atoms with Crippen LogP contribution in [0, 0.1) is 0 Å². The van der Waals surface area contributed by atoms with E-state index in [0.717, 1.165) is 4.31 Å². The van der Waals surface area contributed by atoms with Gasteiger partial charge in [0.25, 0.3) is 0 Å². The summed E-state index contributed by atoms with van der Waals surface area (Å²) in [5, 5.41) is 2.88. The number of ketones is 1. The molecule has 1 heterocycles. The minimum Gasteiger partial charge on any atom is -0.325 e. The van der Waals surface area contributed by atoms with E-state index in [1.165, 1.54) is 45.0 Å². The summed E-state index contributed by atoms with van der Waals surface area (Å²) in [6.07, 6.45) is 1.28. The Bertz CT molecular complexity index is 924. The van der Waals surface area contributed by atoms with Crippen molar-refractivity contribution in [1.82, 2.24) is 9.29 Å². The third-order valence-electron chi connectivity index (χ3n) is 3.71. The standard InChI is InChI=1S/C18H21N3O4S2/c1-12(22)14-5-7-15(8-6-14)20-18(23)13(2)26-17-10-9-16(11-19-17)27(24,25)21(3)4/h5-11,13H,1-4H3,(H,20,23)/t13-/m1/s1. The molecule has 0 saturated carbocycles. The van der Waals surface area contributed by atoms with Gasteiger partial charge in [0, 0.05) is 31.5 Å². The molecule has 9 heteroatoms. The van der Waals surface area contributed by atoms with Crippen LogP contribution in [0.5, 0.6) is 0 Å². The van der Waals surface area contributed by atoms with Crippen LogP contribution in [0.25, 0.3) is 0 Å². The first kappa shape index (κ1) is 21.1. The SMILES string of the molecule is CC(=O)c1ccc(NC(=O)[C@@H](C)Sc2ccc(S(=O)(=O)N(C)C)cn2)cc1. The van der Waals surface area contributed by atoms with Gasteiger partial charge in [-0.05, 0) is 50.2 Å². The quantitative estimate of drug-likeness (QED) is 0.560. The largest absolute Gasteiger partial charge is 0.325 e. The summed E-state index contributed by atoms with van der Waals surface area (Å²) in [5.41, 5.74) is 1.17. The van der Waals surface area contributed by atoms with Crippen molar-refractivity contribution in [2.45, 2.75) is 29.0 Å². The summed E-state index contributed by atoms with van der Waals surface area (Å²) in [6, 6.07) is 9.70. The minimum atomic E-state index is -3.53. The van der Waals surface area contributed by atoms with E-state index in [-0.39, 0.29) is 16.6 Å². The highest BCUT2D eigenvalue weighted by Gasteiger charge is 2.19.